The van der Waals surface area contributed by atoms with Crippen LogP contribution in [0.25, 0.3) is 11.1 Å². The Labute approximate surface area is 123 Å². The average molecular weight is 287 g/mol. The van der Waals surface area contributed by atoms with E-state index >= 15 is 0 Å². The van der Waals surface area contributed by atoms with Crippen molar-refractivity contribution >= 4 is 0 Å². The fourth-order valence-electron chi connectivity index (χ4n) is 2.69. The molecular weight excluding hydrogens is 270 g/mol. The van der Waals surface area contributed by atoms with Crippen LogP contribution >= 0.6 is 0 Å². The van der Waals surface area contributed by atoms with Gasteiger partial charge in [0, 0.05) is 38.3 Å². The van der Waals surface area contributed by atoms with Crippen molar-refractivity contribution in [1.82, 2.24) is 10.2 Å². The van der Waals surface area contributed by atoms with Crippen molar-refractivity contribution in [3.05, 3.63) is 59.7 Å². The van der Waals surface area contributed by atoms with Crippen molar-refractivity contribution < 1.29 is 8.78 Å². The lowest BCUT2D eigenvalue weighted by molar-refractivity contribution is 0.231. The number of nitrogens with zero attached hydrogens (tertiary/aromatic N) is 2. The third kappa shape index (κ3) is 3.28. The summed E-state index contributed by atoms with van der Waals surface area (Å²) < 4.78 is 27.3. The molecule has 21 heavy (non-hydrogen) atoms. The van der Waals surface area contributed by atoms with Crippen LogP contribution in [0.2, 0.25) is 0 Å². The Bertz CT molecular complexity index is 605. The van der Waals surface area contributed by atoms with Gasteiger partial charge >= 0.3 is 0 Å². The standard InChI is InChI=1S/C17H17F2N2/c18-15-6-4-13(5-7-15)17-14(2-1-3-16(17)19)12-21-10-8-20-9-11-21/h1-7H,8-12H2. The van der Waals surface area contributed by atoms with Gasteiger partial charge in [-0.25, -0.2) is 14.1 Å². The van der Waals surface area contributed by atoms with E-state index in [1.807, 2.05) is 6.07 Å². The van der Waals surface area contributed by atoms with Crippen molar-refractivity contribution in [2.24, 2.45) is 0 Å². The maximum absolute atomic E-state index is 14.3. The first-order chi connectivity index (χ1) is 10.2. The van der Waals surface area contributed by atoms with E-state index in [4.69, 9.17) is 0 Å². The van der Waals surface area contributed by atoms with Crippen molar-refractivity contribution in [2.75, 3.05) is 26.2 Å². The predicted octanol–water partition coefficient (Wildman–Crippen LogP) is 3.05. The number of halogens is 2. The van der Waals surface area contributed by atoms with Gasteiger partial charge in [0.1, 0.15) is 11.6 Å². The van der Waals surface area contributed by atoms with Gasteiger partial charge in [-0.2, -0.15) is 0 Å². The van der Waals surface area contributed by atoms with Gasteiger partial charge in [-0.3, -0.25) is 4.90 Å². The van der Waals surface area contributed by atoms with Gasteiger partial charge in [-0.15, -0.1) is 0 Å². The summed E-state index contributed by atoms with van der Waals surface area (Å²) in [5.74, 6) is -0.574. The topological polar surface area (TPSA) is 17.3 Å². The van der Waals surface area contributed by atoms with Gasteiger partial charge < -0.3 is 0 Å². The molecule has 0 unspecified atom stereocenters. The molecule has 0 aromatic heterocycles. The van der Waals surface area contributed by atoms with Crippen LogP contribution in [0.15, 0.2) is 42.5 Å². The summed E-state index contributed by atoms with van der Waals surface area (Å²) in [6.07, 6.45) is 0. The SMILES string of the molecule is Fc1ccc(-c2c(F)cccc2CN2CC[N]CC2)cc1. The first kappa shape index (κ1) is 14.2. The van der Waals surface area contributed by atoms with Crippen LogP contribution in [0.4, 0.5) is 8.78 Å². The molecule has 1 fully saturated rings. The Balaban J connectivity index is 1.93. The quantitative estimate of drug-likeness (QED) is 0.848. The summed E-state index contributed by atoms with van der Waals surface area (Å²) in [5, 5.41) is 4.32. The molecule has 0 aliphatic carbocycles. The van der Waals surface area contributed by atoms with Crippen LogP contribution in [0.5, 0.6) is 0 Å². The molecule has 4 heteroatoms. The van der Waals surface area contributed by atoms with Crippen LogP contribution in [-0.2, 0) is 6.54 Å². The van der Waals surface area contributed by atoms with Crippen LogP contribution in [0, 0.1) is 11.6 Å². The minimum Gasteiger partial charge on any atom is -0.296 e. The molecule has 0 amide bonds. The number of benzene rings is 2. The number of rotatable bonds is 3. The monoisotopic (exact) mass is 287 g/mol. The van der Waals surface area contributed by atoms with Crippen molar-refractivity contribution in [3.63, 3.8) is 0 Å². The Kier molecular flexibility index (Phi) is 4.27. The fraction of sp³-hybridized carbons (Fsp3) is 0.294. The normalized spacial score (nSPS) is 16.1. The molecule has 2 aromatic rings. The molecule has 0 bridgehead atoms. The van der Waals surface area contributed by atoms with Crippen molar-refractivity contribution in [1.29, 1.82) is 0 Å². The first-order valence-corrected chi connectivity index (χ1v) is 7.13. The fourth-order valence-corrected chi connectivity index (χ4v) is 2.69. The molecular formula is C17H17F2N2. The summed E-state index contributed by atoms with van der Waals surface area (Å²) in [6.45, 7) is 4.17. The van der Waals surface area contributed by atoms with Gasteiger partial charge in [0.05, 0.1) is 0 Å². The van der Waals surface area contributed by atoms with Crippen LogP contribution in [0.3, 0.4) is 0 Å². The van der Waals surface area contributed by atoms with E-state index in [2.05, 4.69) is 10.2 Å². The molecule has 3 rings (SSSR count). The smallest absolute Gasteiger partial charge is 0.131 e. The van der Waals surface area contributed by atoms with Gasteiger partial charge in [0.25, 0.3) is 0 Å². The van der Waals surface area contributed by atoms with E-state index < -0.39 is 0 Å². The number of piperazine rings is 1. The second-order valence-corrected chi connectivity index (χ2v) is 5.23. The molecule has 2 nitrogen and oxygen atoms in total. The lowest BCUT2D eigenvalue weighted by Crippen LogP contribution is -2.39. The zero-order valence-corrected chi connectivity index (χ0v) is 11.7. The van der Waals surface area contributed by atoms with E-state index in [0.717, 1.165) is 31.7 Å². The Morgan fingerprint density at radius 1 is 0.952 bits per heavy atom. The lowest BCUT2D eigenvalue weighted by atomic mass is 9.98. The highest BCUT2D eigenvalue weighted by molar-refractivity contribution is 5.68. The molecule has 1 heterocycles. The second kappa shape index (κ2) is 6.33. The highest BCUT2D eigenvalue weighted by Crippen LogP contribution is 2.28. The molecule has 1 radical (unpaired) electrons. The molecule has 0 atom stereocenters. The van der Waals surface area contributed by atoms with Gasteiger partial charge in [0.2, 0.25) is 0 Å². The molecule has 1 aliphatic rings. The number of hydrogen-bond acceptors (Lipinski definition) is 1. The highest BCUT2D eigenvalue weighted by Gasteiger charge is 2.16. The van der Waals surface area contributed by atoms with Gasteiger partial charge in [-0.1, -0.05) is 24.3 Å². The van der Waals surface area contributed by atoms with Gasteiger partial charge in [0.15, 0.2) is 0 Å². The van der Waals surface area contributed by atoms with Gasteiger partial charge in [-0.05, 0) is 29.3 Å². The summed E-state index contributed by atoms with van der Waals surface area (Å²) in [5.41, 5.74) is 2.22. The molecule has 0 saturated carbocycles. The van der Waals surface area contributed by atoms with Crippen molar-refractivity contribution in [2.45, 2.75) is 6.54 Å². The largest absolute Gasteiger partial charge is 0.296 e. The summed E-state index contributed by atoms with van der Waals surface area (Å²) in [4.78, 5) is 2.27. The summed E-state index contributed by atoms with van der Waals surface area (Å²) in [6, 6.07) is 11.1. The van der Waals surface area contributed by atoms with E-state index in [-0.39, 0.29) is 11.6 Å². The highest BCUT2D eigenvalue weighted by atomic mass is 19.1. The third-order valence-electron chi connectivity index (χ3n) is 3.78. The maximum atomic E-state index is 14.3. The molecule has 109 valence electrons. The maximum Gasteiger partial charge on any atom is 0.131 e. The van der Waals surface area contributed by atoms with E-state index in [1.165, 1.54) is 18.2 Å². The van der Waals surface area contributed by atoms with Crippen LogP contribution < -0.4 is 5.32 Å². The molecule has 0 N–H and O–H groups in total. The lowest BCUT2D eigenvalue weighted by Gasteiger charge is -2.27. The zero-order valence-electron chi connectivity index (χ0n) is 11.7. The Hall–Kier alpha value is -1.78. The first-order valence-electron chi connectivity index (χ1n) is 7.13. The molecule has 0 spiro atoms. The van der Waals surface area contributed by atoms with E-state index in [1.54, 1.807) is 18.2 Å². The third-order valence-corrected chi connectivity index (χ3v) is 3.78. The van der Waals surface area contributed by atoms with E-state index in [0.29, 0.717) is 17.7 Å². The number of hydrogen-bond donors (Lipinski definition) is 0. The average Bonchev–Trinajstić information content (AvgIpc) is 2.50. The molecule has 1 aliphatic heterocycles. The summed E-state index contributed by atoms with van der Waals surface area (Å²) >= 11 is 0. The molecule has 1 saturated heterocycles. The Morgan fingerprint density at radius 3 is 2.38 bits per heavy atom. The molecule has 2 aromatic carbocycles. The minimum atomic E-state index is -0.311. The summed E-state index contributed by atoms with van der Waals surface area (Å²) in [7, 11) is 0. The minimum absolute atomic E-state index is 0.263. The van der Waals surface area contributed by atoms with Crippen LogP contribution in [0.1, 0.15) is 5.56 Å². The predicted molar refractivity (Wildman–Crippen MR) is 78.9 cm³/mol. The van der Waals surface area contributed by atoms with Crippen LogP contribution in [-0.4, -0.2) is 31.1 Å². The van der Waals surface area contributed by atoms with Crippen molar-refractivity contribution in [3.8, 4) is 11.1 Å². The Morgan fingerprint density at radius 2 is 1.67 bits per heavy atom. The second-order valence-electron chi connectivity index (χ2n) is 5.23. The zero-order chi connectivity index (χ0) is 14.7. The van der Waals surface area contributed by atoms with E-state index in [9.17, 15) is 8.78 Å².